The van der Waals surface area contributed by atoms with E-state index in [9.17, 15) is 4.79 Å². The second-order valence-corrected chi connectivity index (χ2v) is 6.90. The van der Waals surface area contributed by atoms with Crippen LogP contribution in [0.15, 0.2) is 53.3 Å². The Balaban J connectivity index is 1.81. The zero-order valence-corrected chi connectivity index (χ0v) is 15.3. The number of para-hydroxylation sites is 1. The molecule has 130 valence electrons. The number of rotatable bonds is 4. The molecule has 4 rings (SSSR count). The first kappa shape index (κ1) is 16.5. The summed E-state index contributed by atoms with van der Waals surface area (Å²) >= 11 is 1.33. The van der Waals surface area contributed by atoms with E-state index < -0.39 is 0 Å². The summed E-state index contributed by atoms with van der Waals surface area (Å²) in [7, 11) is 0. The summed E-state index contributed by atoms with van der Waals surface area (Å²) in [5.74, 6) is 1.33. The van der Waals surface area contributed by atoms with E-state index in [-0.39, 0.29) is 5.56 Å². The molecule has 2 aromatic heterocycles. The number of thiazole rings is 1. The molecule has 0 amide bonds. The van der Waals surface area contributed by atoms with Gasteiger partial charge in [0.15, 0.2) is 5.82 Å². The van der Waals surface area contributed by atoms with Gasteiger partial charge in [-0.05, 0) is 32.1 Å². The maximum atomic E-state index is 12.7. The Labute approximate surface area is 154 Å². The number of hydrogen-bond acceptors (Lipinski definition) is 5. The van der Waals surface area contributed by atoms with Crippen LogP contribution in [-0.4, -0.2) is 21.2 Å². The SMILES string of the molecule is CCOc1ccccc1/C=c1\sc2nc(-c3cccc(C)c3)nn2c1=O. The van der Waals surface area contributed by atoms with Crippen LogP contribution in [0.25, 0.3) is 22.4 Å². The van der Waals surface area contributed by atoms with E-state index in [0.29, 0.717) is 21.9 Å². The van der Waals surface area contributed by atoms with Gasteiger partial charge in [-0.25, -0.2) is 0 Å². The molecule has 0 aliphatic heterocycles. The Bertz CT molecular complexity index is 1190. The third kappa shape index (κ3) is 2.99. The number of fused-ring (bicyclic) bond motifs is 1. The van der Waals surface area contributed by atoms with Crippen molar-refractivity contribution in [3.05, 3.63) is 74.5 Å². The second kappa shape index (κ2) is 6.72. The predicted octanol–water partition coefficient (Wildman–Crippen LogP) is 3.07. The van der Waals surface area contributed by atoms with Gasteiger partial charge in [0, 0.05) is 11.1 Å². The molecule has 0 atom stereocenters. The Hall–Kier alpha value is -2.99. The van der Waals surface area contributed by atoms with Crippen molar-refractivity contribution >= 4 is 22.4 Å². The topological polar surface area (TPSA) is 56.5 Å². The highest BCUT2D eigenvalue weighted by molar-refractivity contribution is 7.15. The van der Waals surface area contributed by atoms with Crippen LogP contribution in [-0.2, 0) is 0 Å². The van der Waals surface area contributed by atoms with Crippen molar-refractivity contribution in [2.75, 3.05) is 6.61 Å². The van der Waals surface area contributed by atoms with Crippen LogP contribution in [0.2, 0.25) is 0 Å². The Morgan fingerprint density at radius 3 is 2.81 bits per heavy atom. The second-order valence-electron chi connectivity index (χ2n) is 5.89. The minimum atomic E-state index is -0.164. The lowest BCUT2D eigenvalue weighted by Gasteiger charge is -2.05. The zero-order chi connectivity index (χ0) is 18.1. The monoisotopic (exact) mass is 363 g/mol. The molecule has 6 heteroatoms. The van der Waals surface area contributed by atoms with E-state index in [1.165, 1.54) is 15.9 Å². The maximum Gasteiger partial charge on any atom is 0.291 e. The summed E-state index contributed by atoms with van der Waals surface area (Å²) in [6.45, 7) is 4.53. The highest BCUT2D eigenvalue weighted by atomic mass is 32.1. The van der Waals surface area contributed by atoms with Crippen molar-refractivity contribution in [3.8, 4) is 17.1 Å². The van der Waals surface area contributed by atoms with Gasteiger partial charge in [0.1, 0.15) is 5.75 Å². The van der Waals surface area contributed by atoms with E-state index in [1.54, 1.807) is 0 Å². The zero-order valence-electron chi connectivity index (χ0n) is 14.5. The van der Waals surface area contributed by atoms with Crippen LogP contribution >= 0.6 is 11.3 Å². The quantitative estimate of drug-likeness (QED) is 0.559. The number of ether oxygens (including phenoxy) is 1. The summed E-state index contributed by atoms with van der Waals surface area (Å²) in [6, 6.07) is 15.6. The molecule has 0 bridgehead atoms. The van der Waals surface area contributed by atoms with Gasteiger partial charge in [0.2, 0.25) is 4.96 Å². The number of aryl methyl sites for hydroxylation is 1. The van der Waals surface area contributed by atoms with Crippen LogP contribution in [0.3, 0.4) is 0 Å². The number of hydrogen-bond donors (Lipinski definition) is 0. The van der Waals surface area contributed by atoms with Crippen LogP contribution in [0.4, 0.5) is 0 Å². The van der Waals surface area contributed by atoms with Crippen LogP contribution < -0.4 is 14.8 Å². The fourth-order valence-corrected chi connectivity index (χ4v) is 3.67. The molecule has 0 saturated carbocycles. The average molecular weight is 363 g/mol. The smallest absolute Gasteiger partial charge is 0.291 e. The molecule has 0 N–H and O–H groups in total. The number of benzene rings is 2. The molecule has 0 fully saturated rings. The lowest BCUT2D eigenvalue weighted by Crippen LogP contribution is -2.23. The van der Waals surface area contributed by atoms with Gasteiger partial charge in [-0.2, -0.15) is 9.50 Å². The summed E-state index contributed by atoms with van der Waals surface area (Å²) in [5.41, 5.74) is 2.75. The average Bonchev–Trinajstić information content (AvgIpc) is 3.17. The lowest BCUT2D eigenvalue weighted by atomic mass is 10.1. The molecule has 0 saturated heterocycles. The molecule has 2 heterocycles. The van der Waals surface area contributed by atoms with Crippen molar-refractivity contribution in [1.29, 1.82) is 0 Å². The van der Waals surface area contributed by atoms with E-state index in [0.717, 1.165) is 22.4 Å². The van der Waals surface area contributed by atoms with Crippen molar-refractivity contribution < 1.29 is 4.74 Å². The first-order chi connectivity index (χ1) is 12.7. The molecule has 0 radical (unpaired) electrons. The molecule has 0 spiro atoms. The van der Waals surface area contributed by atoms with E-state index in [1.807, 2.05) is 68.5 Å². The first-order valence-corrected chi connectivity index (χ1v) is 9.17. The van der Waals surface area contributed by atoms with Crippen LogP contribution in [0.5, 0.6) is 5.75 Å². The molecule has 5 nitrogen and oxygen atoms in total. The highest BCUT2D eigenvalue weighted by Crippen LogP contribution is 2.20. The molecule has 0 aliphatic rings. The minimum Gasteiger partial charge on any atom is -0.493 e. The van der Waals surface area contributed by atoms with Crippen molar-refractivity contribution in [2.45, 2.75) is 13.8 Å². The highest BCUT2D eigenvalue weighted by Gasteiger charge is 2.12. The van der Waals surface area contributed by atoms with Gasteiger partial charge in [0.25, 0.3) is 5.56 Å². The van der Waals surface area contributed by atoms with Gasteiger partial charge < -0.3 is 4.74 Å². The van der Waals surface area contributed by atoms with Crippen molar-refractivity contribution in [2.24, 2.45) is 0 Å². The fraction of sp³-hybridized carbons (Fsp3) is 0.150. The number of aromatic nitrogens is 3. The van der Waals surface area contributed by atoms with Gasteiger partial charge >= 0.3 is 0 Å². The Morgan fingerprint density at radius 1 is 1.19 bits per heavy atom. The van der Waals surface area contributed by atoms with Crippen LogP contribution in [0, 0.1) is 6.92 Å². The molecule has 0 unspecified atom stereocenters. The number of nitrogens with zero attached hydrogens (tertiary/aromatic N) is 3. The standard InChI is InChI=1S/C20H17N3O2S/c1-3-25-16-10-5-4-8-14(16)12-17-19(24)23-20(26-17)21-18(22-23)15-9-6-7-13(2)11-15/h4-12H,3H2,1-2H3/b17-12-. The summed E-state index contributed by atoms with van der Waals surface area (Å²) in [6.07, 6.45) is 1.83. The third-order valence-corrected chi connectivity index (χ3v) is 4.92. The summed E-state index contributed by atoms with van der Waals surface area (Å²) in [4.78, 5) is 17.8. The molecule has 2 aromatic carbocycles. The molecular formula is C20H17N3O2S. The van der Waals surface area contributed by atoms with Gasteiger partial charge in [0.05, 0.1) is 11.1 Å². The van der Waals surface area contributed by atoms with E-state index >= 15 is 0 Å². The molecule has 0 aliphatic carbocycles. The van der Waals surface area contributed by atoms with E-state index in [2.05, 4.69) is 10.1 Å². The molecule has 26 heavy (non-hydrogen) atoms. The Kier molecular flexibility index (Phi) is 4.26. The normalized spacial score (nSPS) is 12.0. The first-order valence-electron chi connectivity index (χ1n) is 8.36. The van der Waals surface area contributed by atoms with Gasteiger partial charge in [-0.3, -0.25) is 4.79 Å². The largest absolute Gasteiger partial charge is 0.493 e. The third-order valence-electron chi connectivity index (χ3n) is 3.96. The minimum absolute atomic E-state index is 0.164. The Morgan fingerprint density at radius 2 is 2.04 bits per heavy atom. The predicted molar refractivity (Wildman–Crippen MR) is 104 cm³/mol. The summed E-state index contributed by atoms with van der Waals surface area (Å²) in [5, 5.41) is 4.40. The fourth-order valence-electron chi connectivity index (χ4n) is 2.77. The maximum absolute atomic E-state index is 12.7. The van der Waals surface area contributed by atoms with Crippen molar-refractivity contribution in [3.63, 3.8) is 0 Å². The van der Waals surface area contributed by atoms with Gasteiger partial charge in [-0.15, -0.1) is 5.10 Å². The van der Waals surface area contributed by atoms with Gasteiger partial charge in [-0.1, -0.05) is 53.3 Å². The lowest BCUT2D eigenvalue weighted by molar-refractivity contribution is 0.339. The molecule has 4 aromatic rings. The van der Waals surface area contributed by atoms with Crippen LogP contribution in [0.1, 0.15) is 18.1 Å². The van der Waals surface area contributed by atoms with E-state index in [4.69, 9.17) is 4.74 Å². The molecular weight excluding hydrogens is 346 g/mol. The van der Waals surface area contributed by atoms with Crippen molar-refractivity contribution in [1.82, 2.24) is 14.6 Å². The summed E-state index contributed by atoms with van der Waals surface area (Å²) < 4.78 is 7.58.